The number of carbonyl (C=O) groups is 7. The molecule has 2 aromatic rings. The SMILES string of the molecule is COC(=O)CCN(CCNC(=O)CCN(CCOCC(=O)Oc1ccccc1-c1c2ccc(=O)c(Br)c-2oc2c(Br)c([N+](=O)[O-])c(Br)cc12)CCC(=O)NCCN(CCC(=O)OC)CCC(=O)OC)CCC(=O)OC. The van der Waals surface area contributed by atoms with E-state index < -0.39 is 46.8 Å². The normalized spacial score (nSPS) is 11.2. The summed E-state index contributed by atoms with van der Waals surface area (Å²) in [5, 5.41) is 18.1. The first-order valence-corrected chi connectivity index (χ1v) is 25.9. The second-order valence-electron chi connectivity index (χ2n) is 16.4. The molecule has 2 amide bonds. The summed E-state index contributed by atoms with van der Waals surface area (Å²) in [6.45, 7) is 2.27. The van der Waals surface area contributed by atoms with Crippen molar-refractivity contribution in [3.05, 3.63) is 76.2 Å². The van der Waals surface area contributed by atoms with E-state index in [1.807, 2.05) is 14.7 Å². The number of methoxy groups -OCH3 is 4. The molecule has 0 aromatic heterocycles. The molecule has 1 aliphatic heterocycles. The van der Waals surface area contributed by atoms with Crippen LogP contribution in [0.2, 0.25) is 0 Å². The van der Waals surface area contributed by atoms with E-state index in [-0.39, 0.29) is 126 Å². The monoisotopic (exact) mass is 1240 g/mol. The fourth-order valence-electron chi connectivity index (χ4n) is 7.49. The highest BCUT2D eigenvalue weighted by Gasteiger charge is 2.29. The van der Waals surface area contributed by atoms with Crippen LogP contribution in [0.1, 0.15) is 38.5 Å². The lowest BCUT2D eigenvalue weighted by Gasteiger charge is -2.23. The average Bonchev–Trinajstić information content (AvgIpc) is 3.39. The van der Waals surface area contributed by atoms with Gasteiger partial charge in [0.25, 0.3) is 0 Å². The zero-order valence-corrected chi connectivity index (χ0v) is 46.6. The largest absolute Gasteiger partial charge is 0.469 e. The lowest BCUT2D eigenvalue weighted by atomic mass is 9.93. The molecule has 2 aliphatic rings. The van der Waals surface area contributed by atoms with Crippen molar-refractivity contribution in [1.82, 2.24) is 25.3 Å². The van der Waals surface area contributed by atoms with Crippen LogP contribution in [0.25, 0.3) is 33.4 Å². The Morgan fingerprint density at radius 1 is 0.613 bits per heavy atom. The summed E-state index contributed by atoms with van der Waals surface area (Å²) >= 11 is 9.93. The van der Waals surface area contributed by atoms with Gasteiger partial charge in [-0.25, -0.2) is 4.79 Å². The molecule has 0 bridgehead atoms. The number of halogens is 3. The summed E-state index contributed by atoms with van der Waals surface area (Å²) in [4.78, 5) is 116. The molecule has 23 nitrogen and oxygen atoms in total. The zero-order valence-electron chi connectivity index (χ0n) is 41.8. The van der Waals surface area contributed by atoms with Crippen molar-refractivity contribution >= 4 is 106 Å². The molecular formula is C49H59Br3N6O17. The number of nitro groups is 1. The third-order valence-electron chi connectivity index (χ3n) is 11.5. The van der Waals surface area contributed by atoms with Gasteiger partial charge in [-0.15, -0.1) is 0 Å². The molecule has 408 valence electrons. The van der Waals surface area contributed by atoms with Gasteiger partial charge in [0, 0.05) is 107 Å². The van der Waals surface area contributed by atoms with Gasteiger partial charge in [-0.3, -0.25) is 43.7 Å². The fraction of sp³-hybridized carbons (Fsp3) is 0.469. The summed E-state index contributed by atoms with van der Waals surface area (Å²) in [7, 11) is 5.11. The Bertz CT molecular complexity index is 2580. The number of carbonyl (C=O) groups excluding carboxylic acids is 7. The maximum atomic E-state index is 13.5. The number of benzene rings is 3. The van der Waals surface area contributed by atoms with E-state index in [1.165, 1.54) is 40.6 Å². The molecule has 4 rings (SSSR count). The number of rotatable bonds is 32. The van der Waals surface area contributed by atoms with Crippen molar-refractivity contribution in [3.8, 4) is 28.2 Å². The molecule has 0 fully saturated rings. The van der Waals surface area contributed by atoms with Gasteiger partial charge in [0.05, 0.1) is 70.1 Å². The molecule has 0 atom stereocenters. The number of hydrogen-bond donors (Lipinski definition) is 2. The Balaban J connectivity index is 1.44. The number of hydrogen-bond acceptors (Lipinski definition) is 20. The number of fused-ring (bicyclic) bond motifs is 2. The topological polar surface area (TPSA) is 282 Å². The van der Waals surface area contributed by atoms with Crippen LogP contribution in [0.4, 0.5) is 5.69 Å². The summed E-state index contributed by atoms with van der Waals surface area (Å²) in [5.74, 6) is -2.87. The van der Waals surface area contributed by atoms with E-state index in [1.54, 1.807) is 30.3 Å². The van der Waals surface area contributed by atoms with Crippen molar-refractivity contribution in [2.75, 3.05) is 114 Å². The predicted octanol–water partition coefficient (Wildman–Crippen LogP) is 4.85. The summed E-state index contributed by atoms with van der Waals surface area (Å²) < 4.78 is 36.9. The lowest BCUT2D eigenvalue weighted by Crippen LogP contribution is -2.40. The molecule has 0 radical (unpaired) electrons. The number of nitrogens with zero attached hydrogens (tertiary/aromatic N) is 4. The second kappa shape index (κ2) is 31.9. The quantitative estimate of drug-likeness (QED) is 0.0126. The van der Waals surface area contributed by atoms with E-state index in [4.69, 9.17) is 32.8 Å². The zero-order chi connectivity index (χ0) is 55.0. The van der Waals surface area contributed by atoms with Crippen LogP contribution in [0.5, 0.6) is 5.75 Å². The average molecular weight is 1240 g/mol. The van der Waals surface area contributed by atoms with Crippen LogP contribution in [0, 0.1) is 10.1 Å². The van der Waals surface area contributed by atoms with Crippen LogP contribution < -0.4 is 20.8 Å². The lowest BCUT2D eigenvalue weighted by molar-refractivity contribution is -0.386. The molecule has 2 aromatic carbocycles. The van der Waals surface area contributed by atoms with Crippen LogP contribution >= 0.6 is 47.8 Å². The number of amides is 2. The first-order chi connectivity index (χ1) is 35.9. The predicted molar refractivity (Wildman–Crippen MR) is 282 cm³/mol. The van der Waals surface area contributed by atoms with Gasteiger partial charge in [0.1, 0.15) is 21.3 Å². The van der Waals surface area contributed by atoms with Crippen molar-refractivity contribution in [1.29, 1.82) is 0 Å². The molecule has 1 heterocycles. The standard InChI is InChI=1S/C49H59Br3N6O17/c1-69-39(62)13-21-55(22-14-40(63)70-2)25-17-53-37(60)11-19-57(20-12-38(61)54-18-26-56(23-15-41(64)71-3)24-16-42(65)72-4)27-28-73-30-43(66)74-36-8-6-5-7-31(36)44-32-9-10-35(59)45(51)48(32)75-49-33(44)29-34(50)47(46(49)52)58(67)68/h5-10,29H,11-28,30H2,1-4H3,(H,53,60)(H,54,61). The molecule has 2 N–H and O–H groups in total. The van der Waals surface area contributed by atoms with Crippen molar-refractivity contribution in [2.45, 2.75) is 38.5 Å². The molecule has 0 unspecified atom stereocenters. The maximum absolute atomic E-state index is 13.5. The van der Waals surface area contributed by atoms with Crippen molar-refractivity contribution in [2.24, 2.45) is 0 Å². The first kappa shape index (κ1) is 61.6. The van der Waals surface area contributed by atoms with Gasteiger partial charge in [0.2, 0.25) is 11.8 Å². The Morgan fingerprint density at radius 3 is 1.59 bits per heavy atom. The van der Waals surface area contributed by atoms with E-state index >= 15 is 0 Å². The smallest absolute Gasteiger partial charge is 0.337 e. The highest BCUT2D eigenvalue weighted by atomic mass is 79.9. The van der Waals surface area contributed by atoms with Crippen molar-refractivity contribution in [3.63, 3.8) is 0 Å². The minimum atomic E-state index is -0.776. The van der Waals surface area contributed by atoms with Crippen LogP contribution in [0.3, 0.4) is 0 Å². The van der Waals surface area contributed by atoms with Crippen LogP contribution in [0.15, 0.2) is 65.1 Å². The molecule has 0 spiro atoms. The van der Waals surface area contributed by atoms with E-state index in [0.29, 0.717) is 61.3 Å². The second-order valence-corrected chi connectivity index (χ2v) is 18.9. The van der Waals surface area contributed by atoms with E-state index in [9.17, 15) is 48.5 Å². The highest BCUT2D eigenvalue weighted by molar-refractivity contribution is 9.11. The van der Waals surface area contributed by atoms with Gasteiger partial charge in [0.15, 0.2) is 16.8 Å². The van der Waals surface area contributed by atoms with Gasteiger partial charge in [-0.1, -0.05) is 18.2 Å². The van der Waals surface area contributed by atoms with Crippen LogP contribution in [-0.2, 0) is 57.2 Å². The number of nitrogens with one attached hydrogen (secondary N) is 2. The number of esters is 5. The molecular weight excluding hydrogens is 1180 g/mol. The third kappa shape index (κ3) is 19.6. The van der Waals surface area contributed by atoms with Gasteiger partial charge < -0.3 is 58.2 Å². The van der Waals surface area contributed by atoms with E-state index in [2.05, 4.69) is 58.4 Å². The number of ether oxygens (including phenoxy) is 6. The fourth-order valence-corrected chi connectivity index (χ4v) is 9.41. The van der Waals surface area contributed by atoms with Gasteiger partial charge >= 0.3 is 35.5 Å². The van der Waals surface area contributed by atoms with Crippen LogP contribution in [-0.4, -0.2) is 175 Å². The molecule has 1 aliphatic carbocycles. The Morgan fingerprint density at radius 2 is 1.09 bits per heavy atom. The third-order valence-corrected chi connectivity index (χ3v) is 13.6. The molecule has 0 saturated heterocycles. The maximum Gasteiger partial charge on any atom is 0.337 e. The summed E-state index contributed by atoms with van der Waals surface area (Å²) in [6.07, 6.45) is 0.367. The number of para-hydroxylation sites is 1. The Kier molecular flexibility index (Phi) is 26.2. The van der Waals surface area contributed by atoms with Crippen molar-refractivity contribution < 1.29 is 71.3 Å². The Labute approximate surface area is 457 Å². The summed E-state index contributed by atoms with van der Waals surface area (Å²) in [6, 6.07) is 11.0. The van der Waals surface area contributed by atoms with E-state index in [0.717, 1.165) is 0 Å². The molecule has 0 saturated carbocycles. The summed E-state index contributed by atoms with van der Waals surface area (Å²) in [5.41, 5.74) is 0.622. The highest BCUT2D eigenvalue weighted by Crippen LogP contribution is 2.49. The Hall–Kier alpha value is -5.90. The number of nitro benzene ring substituents is 1. The van der Waals surface area contributed by atoms with Gasteiger partial charge in [-0.2, -0.15) is 0 Å². The molecule has 75 heavy (non-hydrogen) atoms. The minimum absolute atomic E-state index is 0.00962. The minimum Gasteiger partial charge on any atom is -0.469 e. The van der Waals surface area contributed by atoms with Gasteiger partial charge in [-0.05, 0) is 72.1 Å². The first-order valence-electron chi connectivity index (χ1n) is 23.5. The molecule has 26 heteroatoms.